The fourth-order valence-corrected chi connectivity index (χ4v) is 5.81. The molecule has 12 heavy (non-hydrogen) atoms. The van der Waals surface area contributed by atoms with Crippen molar-refractivity contribution >= 4 is 15.8 Å². The standard InChI is InChI=1S/C10H20P2/c1-11(2)9-5-7(9)8-6-10(8)12(3)4/h7-10H,5-6H2,1-4H3/t7-,8-,9+,10+/m0/s1. The van der Waals surface area contributed by atoms with Gasteiger partial charge in [-0.25, -0.2) is 0 Å². The van der Waals surface area contributed by atoms with Gasteiger partial charge < -0.3 is 0 Å². The third kappa shape index (κ3) is 1.71. The molecule has 2 saturated carbocycles. The molecule has 2 aliphatic carbocycles. The van der Waals surface area contributed by atoms with Crippen LogP contribution in [-0.2, 0) is 0 Å². The summed E-state index contributed by atoms with van der Waals surface area (Å²) >= 11 is 0. The maximum absolute atomic E-state index is 2.46. The van der Waals surface area contributed by atoms with E-state index in [1.54, 1.807) is 12.8 Å². The summed E-state index contributed by atoms with van der Waals surface area (Å²) in [5, 5.41) is 0. The van der Waals surface area contributed by atoms with Crippen LogP contribution in [0.2, 0.25) is 0 Å². The normalized spacial score (nSPS) is 45.5. The fraction of sp³-hybridized carbons (Fsp3) is 1.00. The zero-order chi connectivity index (χ0) is 8.88. The summed E-state index contributed by atoms with van der Waals surface area (Å²) in [4.78, 5) is 0. The van der Waals surface area contributed by atoms with Crippen molar-refractivity contribution in [2.45, 2.75) is 24.2 Å². The highest BCUT2D eigenvalue weighted by Gasteiger charge is 2.54. The van der Waals surface area contributed by atoms with Gasteiger partial charge in [-0.1, -0.05) is 0 Å². The molecular formula is C10H20P2. The van der Waals surface area contributed by atoms with Gasteiger partial charge >= 0.3 is 0 Å². The quantitative estimate of drug-likeness (QED) is 0.616. The molecule has 0 aromatic carbocycles. The van der Waals surface area contributed by atoms with Gasteiger partial charge in [0.25, 0.3) is 0 Å². The Morgan fingerprint density at radius 1 is 0.750 bits per heavy atom. The second-order valence-corrected chi connectivity index (χ2v) is 10.0. The Morgan fingerprint density at radius 3 is 1.25 bits per heavy atom. The van der Waals surface area contributed by atoms with E-state index < -0.39 is 0 Å². The first-order chi connectivity index (χ1) is 5.61. The smallest absolute Gasteiger partial charge is 0.0180 e. The van der Waals surface area contributed by atoms with Gasteiger partial charge in [0.05, 0.1) is 0 Å². The lowest BCUT2D eigenvalue weighted by Crippen LogP contribution is -1.92. The summed E-state index contributed by atoms with van der Waals surface area (Å²) in [6.45, 7) is 9.83. The molecule has 0 saturated heterocycles. The molecule has 0 heterocycles. The minimum atomic E-state index is 0.389. The first-order valence-corrected chi connectivity index (χ1v) is 9.55. The van der Waals surface area contributed by atoms with E-state index in [2.05, 4.69) is 26.7 Å². The average molecular weight is 202 g/mol. The molecule has 0 bridgehead atoms. The largest absolute Gasteiger partial charge is 0.110 e. The van der Waals surface area contributed by atoms with Gasteiger partial charge in [0, 0.05) is 0 Å². The zero-order valence-corrected chi connectivity index (χ0v) is 10.4. The summed E-state index contributed by atoms with van der Waals surface area (Å²) in [6.07, 6.45) is 3.17. The number of hydrogen-bond acceptors (Lipinski definition) is 0. The van der Waals surface area contributed by atoms with E-state index in [9.17, 15) is 0 Å². The van der Waals surface area contributed by atoms with Gasteiger partial charge in [0.2, 0.25) is 0 Å². The van der Waals surface area contributed by atoms with Crippen molar-refractivity contribution in [1.29, 1.82) is 0 Å². The summed E-state index contributed by atoms with van der Waals surface area (Å²) in [7, 11) is 0.778. The minimum absolute atomic E-state index is 0.389. The van der Waals surface area contributed by atoms with Crippen molar-refractivity contribution in [3.8, 4) is 0 Å². The van der Waals surface area contributed by atoms with Crippen LogP contribution in [0.25, 0.3) is 0 Å². The molecular weight excluding hydrogens is 182 g/mol. The second-order valence-electron chi connectivity index (χ2n) is 4.86. The maximum atomic E-state index is 2.46. The summed E-state index contributed by atoms with van der Waals surface area (Å²) in [6, 6.07) is 0. The molecule has 4 atom stereocenters. The van der Waals surface area contributed by atoms with E-state index >= 15 is 0 Å². The monoisotopic (exact) mass is 202 g/mol. The SMILES string of the molecule is CP(C)[C@@H]1C[C@H]1[C@@H]1C[C@H]1P(C)C. The molecule has 2 aliphatic rings. The van der Waals surface area contributed by atoms with Gasteiger partial charge in [-0.2, -0.15) is 0 Å². The van der Waals surface area contributed by atoms with Crippen molar-refractivity contribution in [1.82, 2.24) is 0 Å². The highest BCUT2D eigenvalue weighted by Crippen LogP contribution is 2.66. The number of hydrogen-bond donors (Lipinski definition) is 0. The minimum Gasteiger partial charge on any atom is -0.110 e. The van der Waals surface area contributed by atoms with E-state index in [4.69, 9.17) is 0 Å². The van der Waals surface area contributed by atoms with Crippen LogP contribution in [0.5, 0.6) is 0 Å². The molecule has 2 fully saturated rings. The van der Waals surface area contributed by atoms with Gasteiger partial charge in [-0.05, 0) is 62.7 Å². The Hall–Kier alpha value is 0.860. The molecule has 0 amide bonds. The van der Waals surface area contributed by atoms with Crippen LogP contribution in [0.4, 0.5) is 0 Å². The Morgan fingerprint density at radius 2 is 1.08 bits per heavy atom. The third-order valence-corrected chi connectivity index (χ3v) is 7.33. The molecule has 0 aliphatic heterocycles. The van der Waals surface area contributed by atoms with Crippen LogP contribution in [0, 0.1) is 11.8 Å². The maximum Gasteiger partial charge on any atom is -0.0180 e. The zero-order valence-electron chi connectivity index (χ0n) is 8.62. The van der Waals surface area contributed by atoms with Crippen LogP contribution in [0.3, 0.4) is 0 Å². The summed E-state index contributed by atoms with van der Waals surface area (Å²) in [5.41, 5.74) is 2.34. The molecule has 0 nitrogen and oxygen atoms in total. The van der Waals surface area contributed by atoms with Gasteiger partial charge in [0.1, 0.15) is 0 Å². The van der Waals surface area contributed by atoms with E-state index in [1.807, 2.05) is 0 Å². The van der Waals surface area contributed by atoms with Crippen molar-refractivity contribution < 1.29 is 0 Å². The number of rotatable bonds is 3. The lowest BCUT2D eigenvalue weighted by atomic mass is 10.3. The molecule has 2 rings (SSSR count). The molecule has 70 valence electrons. The highest BCUT2D eigenvalue weighted by atomic mass is 31.1. The second kappa shape index (κ2) is 3.21. The topological polar surface area (TPSA) is 0 Å². The van der Waals surface area contributed by atoms with Crippen molar-refractivity contribution in [2.75, 3.05) is 26.7 Å². The van der Waals surface area contributed by atoms with E-state index in [1.165, 1.54) is 23.2 Å². The first kappa shape index (κ1) is 9.42. The fourth-order valence-electron chi connectivity index (χ4n) is 2.51. The van der Waals surface area contributed by atoms with Crippen molar-refractivity contribution in [3.63, 3.8) is 0 Å². The van der Waals surface area contributed by atoms with Crippen LogP contribution in [0.1, 0.15) is 12.8 Å². The summed E-state index contributed by atoms with van der Waals surface area (Å²) in [5.74, 6) is 2.36. The Labute approximate surface area is 79.0 Å². The highest BCUT2D eigenvalue weighted by molar-refractivity contribution is 7.57. The predicted molar refractivity (Wildman–Crippen MR) is 61.3 cm³/mol. The van der Waals surface area contributed by atoms with E-state index in [0.29, 0.717) is 15.8 Å². The third-order valence-electron chi connectivity index (χ3n) is 3.49. The van der Waals surface area contributed by atoms with Crippen LogP contribution >= 0.6 is 15.8 Å². The Bertz CT molecular complexity index is 157. The van der Waals surface area contributed by atoms with Gasteiger partial charge in [-0.15, -0.1) is 15.8 Å². The molecule has 0 N–H and O–H groups in total. The Kier molecular flexibility index (Phi) is 2.52. The molecule has 0 aromatic rings. The van der Waals surface area contributed by atoms with Crippen LogP contribution < -0.4 is 0 Å². The summed E-state index contributed by atoms with van der Waals surface area (Å²) < 4.78 is 0. The molecule has 0 spiro atoms. The first-order valence-electron chi connectivity index (χ1n) is 4.94. The lowest BCUT2D eigenvalue weighted by Gasteiger charge is -2.05. The molecule has 0 aromatic heterocycles. The van der Waals surface area contributed by atoms with E-state index in [0.717, 1.165) is 0 Å². The predicted octanol–water partition coefficient (Wildman–Crippen LogP) is 3.25. The van der Waals surface area contributed by atoms with Crippen molar-refractivity contribution in [2.24, 2.45) is 11.8 Å². The molecule has 0 radical (unpaired) electrons. The van der Waals surface area contributed by atoms with Crippen LogP contribution in [-0.4, -0.2) is 38.0 Å². The lowest BCUT2D eigenvalue weighted by molar-refractivity contribution is 0.720. The van der Waals surface area contributed by atoms with Crippen LogP contribution in [0.15, 0.2) is 0 Å². The Balaban J connectivity index is 1.78. The van der Waals surface area contributed by atoms with Gasteiger partial charge in [0.15, 0.2) is 0 Å². The molecule has 0 unspecified atom stereocenters. The van der Waals surface area contributed by atoms with Gasteiger partial charge in [-0.3, -0.25) is 0 Å². The molecule has 2 heteroatoms. The average Bonchev–Trinajstić information content (AvgIpc) is 2.82. The van der Waals surface area contributed by atoms with E-state index in [-0.39, 0.29) is 0 Å². The van der Waals surface area contributed by atoms with Crippen molar-refractivity contribution in [3.05, 3.63) is 0 Å².